The van der Waals surface area contributed by atoms with E-state index < -0.39 is 41.0 Å². The van der Waals surface area contributed by atoms with Crippen LogP contribution in [0.15, 0.2) is 30.6 Å². The number of nitrogens with zero attached hydrogens (tertiary/aromatic N) is 3. The lowest BCUT2D eigenvalue weighted by molar-refractivity contribution is -0.258. The van der Waals surface area contributed by atoms with E-state index in [1.807, 2.05) is 0 Å². The fraction of sp³-hybridized carbons (Fsp3) is 0.440. The van der Waals surface area contributed by atoms with Gasteiger partial charge in [-0.3, -0.25) is 9.20 Å². The topological polar surface area (TPSA) is 172 Å². The van der Waals surface area contributed by atoms with Crippen molar-refractivity contribution >= 4 is 23.3 Å². The second kappa shape index (κ2) is 10.1. The van der Waals surface area contributed by atoms with E-state index in [1.54, 1.807) is 6.92 Å². The molecule has 2 aliphatic heterocycles. The number of carbonyl (C=O) groups is 2. The number of amides is 1. The first kappa shape index (κ1) is 31.0. The summed E-state index contributed by atoms with van der Waals surface area (Å²) in [7, 11) is 0. The zero-order valence-corrected chi connectivity index (χ0v) is 22.0. The summed E-state index contributed by atoms with van der Waals surface area (Å²) in [5.74, 6) is -3.29. The zero-order valence-electron chi connectivity index (χ0n) is 22.0. The van der Waals surface area contributed by atoms with Gasteiger partial charge in [-0.2, -0.15) is 26.3 Å². The number of ether oxygens (including phenoxy) is 1. The Morgan fingerprint density at radius 1 is 1.19 bits per heavy atom. The standard InChI is InChI=1S/C23H24F3N5O4.C2HF3O2/c1-12-3-4-13(20(2,34)23(24,25)26)5-14(12)16-6-28-18-17(27)29-15(7-31(16)18)19(33)30-21-8-22(9-21,10-32)35-11-21;3-2(4,5)1(6)7/h3-7,32,34H,8-11H2,1-2H3,(H2,27,29)(H,30,33);(H,6,7). The third-order valence-corrected chi connectivity index (χ3v) is 7.26. The maximum Gasteiger partial charge on any atom is 0.490 e. The number of aliphatic carboxylic acids is 1. The minimum atomic E-state index is -5.08. The number of anilines is 1. The Balaban J connectivity index is 0.000000517. The number of aryl methyl sites for hydroxylation is 1. The molecular formula is C25H25F6N5O6. The Labute approximate surface area is 232 Å². The summed E-state index contributed by atoms with van der Waals surface area (Å²) in [6.07, 6.45) is -6.14. The molecule has 2 aromatic heterocycles. The number of imidazole rings is 1. The van der Waals surface area contributed by atoms with Crippen LogP contribution in [0.5, 0.6) is 0 Å². The van der Waals surface area contributed by atoms with Gasteiger partial charge in [0.25, 0.3) is 5.91 Å². The van der Waals surface area contributed by atoms with Gasteiger partial charge in [0, 0.05) is 24.6 Å². The summed E-state index contributed by atoms with van der Waals surface area (Å²) in [6.45, 7) is 2.55. The predicted octanol–water partition coefficient (Wildman–Crippen LogP) is 2.71. The van der Waals surface area contributed by atoms with E-state index in [2.05, 4.69) is 15.3 Å². The number of alkyl halides is 6. The first-order valence-corrected chi connectivity index (χ1v) is 12.2. The highest BCUT2D eigenvalue weighted by Crippen LogP contribution is 2.51. The van der Waals surface area contributed by atoms with Crippen molar-refractivity contribution in [2.45, 2.75) is 55.8 Å². The number of carboxylic acids is 1. The van der Waals surface area contributed by atoms with Crippen molar-refractivity contribution in [1.82, 2.24) is 19.7 Å². The molecule has 6 N–H and O–H groups in total. The Morgan fingerprint density at radius 2 is 1.81 bits per heavy atom. The Bertz CT molecular complexity index is 1540. The highest BCUT2D eigenvalue weighted by atomic mass is 19.4. The van der Waals surface area contributed by atoms with Crippen LogP contribution in [-0.2, 0) is 15.1 Å². The molecule has 1 unspecified atom stereocenters. The molecule has 17 heteroatoms. The summed E-state index contributed by atoms with van der Waals surface area (Å²) < 4.78 is 79.1. The largest absolute Gasteiger partial charge is 0.490 e. The number of nitrogens with one attached hydrogen (secondary N) is 1. The average molecular weight is 605 g/mol. The van der Waals surface area contributed by atoms with Gasteiger partial charge in [-0.15, -0.1) is 0 Å². The third kappa shape index (κ3) is 5.46. The van der Waals surface area contributed by atoms with Crippen molar-refractivity contribution in [2.75, 3.05) is 18.9 Å². The Kier molecular flexibility index (Phi) is 7.45. The van der Waals surface area contributed by atoms with E-state index >= 15 is 0 Å². The minimum Gasteiger partial charge on any atom is -0.475 e. The van der Waals surface area contributed by atoms with Crippen molar-refractivity contribution in [3.63, 3.8) is 0 Å². The summed E-state index contributed by atoms with van der Waals surface area (Å²) in [5, 5.41) is 29.7. The molecule has 2 bridgehead atoms. The molecule has 4 heterocycles. The van der Waals surface area contributed by atoms with Crippen LogP contribution >= 0.6 is 0 Å². The van der Waals surface area contributed by atoms with Crippen LogP contribution in [0.1, 0.15) is 41.4 Å². The molecule has 1 saturated carbocycles. The number of fused-ring (bicyclic) bond motifs is 2. The van der Waals surface area contributed by atoms with E-state index in [1.165, 1.54) is 35.0 Å². The van der Waals surface area contributed by atoms with Crippen molar-refractivity contribution in [3.8, 4) is 11.3 Å². The number of hydrogen-bond donors (Lipinski definition) is 5. The zero-order chi connectivity index (χ0) is 31.5. The van der Waals surface area contributed by atoms with Gasteiger partial charge in [-0.25, -0.2) is 14.8 Å². The molecule has 1 aromatic carbocycles. The van der Waals surface area contributed by atoms with Crippen molar-refractivity contribution in [3.05, 3.63) is 47.4 Å². The van der Waals surface area contributed by atoms with Crippen LogP contribution in [0.2, 0.25) is 0 Å². The molecule has 42 heavy (non-hydrogen) atoms. The molecule has 0 spiro atoms. The molecule has 2 saturated heterocycles. The number of nitrogen functional groups attached to an aromatic ring is 1. The lowest BCUT2D eigenvalue weighted by atomic mass is 9.69. The quantitative estimate of drug-likeness (QED) is 0.274. The van der Waals surface area contributed by atoms with Crippen LogP contribution in [0.4, 0.5) is 32.2 Å². The van der Waals surface area contributed by atoms with Crippen LogP contribution in [0.3, 0.4) is 0 Å². The molecular weight excluding hydrogens is 580 g/mol. The molecule has 3 fully saturated rings. The maximum absolute atomic E-state index is 13.4. The number of aromatic nitrogens is 3. The van der Waals surface area contributed by atoms with E-state index in [0.29, 0.717) is 36.6 Å². The molecule has 6 rings (SSSR count). The molecule has 3 aliphatic rings. The molecule has 3 aromatic rings. The Morgan fingerprint density at radius 3 is 2.33 bits per heavy atom. The second-order valence-corrected chi connectivity index (χ2v) is 10.5. The lowest BCUT2D eigenvalue weighted by Gasteiger charge is -2.43. The van der Waals surface area contributed by atoms with E-state index in [4.69, 9.17) is 20.4 Å². The molecule has 1 aliphatic carbocycles. The SMILES string of the molecule is Cc1ccc(C(C)(O)C(F)(F)F)cc1-c1cnc2c(N)nc(C(=O)NC34COC(CO)(C3)C4)cn12.O=C(O)C(F)(F)F. The number of carbonyl (C=O) groups excluding carboxylic acids is 1. The number of benzene rings is 1. The van der Waals surface area contributed by atoms with Crippen molar-refractivity contribution in [2.24, 2.45) is 0 Å². The predicted molar refractivity (Wildman–Crippen MR) is 132 cm³/mol. The summed E-state index contributed by atoms with van der Waals surface area (Å²) in [4.78, 5) is 30.3. The van der Waals surface area contributed by atoms with E-state index in [0.717, 1.165) is 0 Å². The van der Waals surface area contributed by atoms with Gasteiger partial charge in [0.2, 0.25) is 0 Å². The number of rotatable bonds is 5. The maximum atomic E-state index is 13.4. The van der Waals surface area contributed by atoms with Gasteiger partial charge >= 0.3 is 18.3 Å². The van der Waals surface area contributed by atoms with Gasteiger partial charge in [0.1, 0.15) is 5.69 Å². The van der Waals surface area contributed by atoms with Gasteiger partial charge < -0.3 is 31.1 Å². The average Bonchev–Trinajstić information content (AvgIpc) is 3.55. The molecule has 1 amide bonds. The van der Waals surface area contributed by atoms with Crippen molar-refractivity contribution in [1.29, 1.82) is 0 Å². The first-order valence-electron chi connectivity index (χ1n) is 12.2. The molecule has 228 valence electrons. The molecule has 1 atom stereocenters. The van der Waals surface area contributed by atoms with E-state index in [-0.39, 0.29) is 35.9 Å². The summed E-state index contributed by atoms with van der Waals surface area (Å²) in [5.41, 5.74) is 3.08. The first-order chi connectivity index (χ1) is 19.2. The smallest absolute Gasteiger partial charge is 0.475 e. The highest BCUT2D eigenvalue weighted by molar-refractivity contribution is 5.94. The van der Waals surface area contributed by atoms with Gasteiger partial charge in [-0.1, -0.05) is 12.1 Å². The normalized spacial score (nSPS) is 23.0. The molecule has 0 radical (unpaired) electrons. The third-order valence-electron chi connectivity index (χ3n) is 7.26. The number of carboxylic acid groups (broad SMARTS) is 1. The number of halogens is 6. The minimum absolute atomic E-state index is 0.00637. The van der Waals surface area contributed by atoms with Gasteiger partial charge in [0.15, 0.2) is 17.1 Å². The van der Waals surface area contributed by atoms with Crippen molar-refractivity contribution < 1.29 is 56.0 Å². The Hall–Kier alpha value is -3.96. The van der Waals surface area contributed by atoms with Crippen LogP contribution < -0.4 is 11.1 Å². The molecule has 11 nitrogen and oxygen atoms in total. The van der Waals surface area contributed by atoms with Gasteiger partial charge in [-0.05, 0) is 31.0 Å². The van der Waals surface area contributed by atoms with Gasteiger partial charge in [0.05, 0.1) is 36.2 Å². The lowest BCUT2D eigenvalue weighted by Crippen LogP contribution is -2.60. The monoisotopic (exact) mass is 605 g/mol. The van der Waals surface area contributed by atoms with Crippen LogP contribution in [0.25, 0.3) is 16.9 Å². The fourth-order valence-corrected chi connectivity index (χ4v) is 4.95. The number of aliphatic hydroxyl groups excluding tert-OH is 1. The number of nitrogens with two attached hydrogens (primary N) is 1. The second-order valence-electron chi connectivity index (χ2n) is 10.5. The van der Waals surface area contributed by atoms with Crippen LogP contribution in [0, 0.1) is 6.92 Å². The van der Waals surface area contributed by atoms with Crippen LogP contribution in [-0.4, -0.2) is 78.3 Å². The summed E-state index contributed by atoms with van der Waals surface area (Å²) >= 11 is 0. The number of hydrogen-bond acceptors (Lipinski definition) is 8. The highest BCUT2D eigenvalue weighted by Gasteiger charge is 2.63. The fourth-order valence-electron chi connectivity index (χ4n) is 4.95. The summed E-state index contributed by atoms with van der Waals surface area (Å²) in [6, 6.07) is 3.95. The van der Waals surface area contributed by atoms with E-state index in [9.17, 15) is 41.4 Å². The number of aliphatic hydroxyl groups is 2.